The molecule has 2 aliphatic heterocycles. The van der Waals surface area contributed by atoms with E-state index >= 15 is 0 Å². The average Bonchev–Trinajstić information content (AvgIpc) is 3.28. The van der Waals surface area contributed by atoms with Crippen LogP contribution >= 0.6 is 0 Å². The Labute approximate surface area is 172 Å². The van der Waals surface area contributed by atoms with Crippen molar-refractivity contribution in [3.05, 3.63) is 58.9 Å². The van der Waals surface area contributed by atoms with Crippen molar-refractivity contribution in [2.24, 2.45) is 11.8 Å². The van der Waals surface area contributed by atoms with Crippen LogP contribution in [0.2, 0.25) is 0 Å². The summed E-state index contributed by atoms with van der Waals surface area (Å²) in [5, 5.41) is 11.5. The number of hydrogen-bond acceptors (Lipinski definition) is 5. The molecule has 3 atom stereocenters. The Hall–Kier alpha value is -2.37. The van der Waals surface area contributed by atoms with Gasteiger partial charge >= 0.3 is 0 Å². The van der Waals surface area contributed by atoms with Crippen LogP contribution in [0.4, 0.5) is 0 Å². The number of benzene rings is 1. The SMILES string of the molecule is COc1ccc2c(c1)C=C(CN1CC3CCC(O)(c4ccc(C)cn4)C3C1)CO2. The maximum absolute atomic E-state index is 11.5. The minimum Gasteiger partial charge on any atom is -0.497 e. The number of pyridine rings is 1. The van der Waals surface area contributed by atoms with Crippen molar-refractivity contribution >= 4 is 6.08 Å². The second kappa shape index (κ2) is 7.15. The molecule has 2 fully saturated rings. The van der Waals surface area contributed by atoms with Gasteiger partial charge in [0.25, 0.3) is 0 Å². The molecular formula is C24H28N2O3. The van der Waals surface area contributed by atoms with E-state index in [-0.39, 0.29) is 5.92 Å². The van der Waals surface area contributed by atoms with Crippen molar-refractivity contribution in [2.45, 2.75) is 25.4 Å². The summed E-state index contributed by atoms with van der Waals surface area (Å²) in [5.41, 5.74) is 3.50. The first kappa shape index (κ1) is 18.6. The molecule has 0 bridgehead atoms. The van der Waals surface area contributed by atoms with Crippen molar-refractivity contribution in [2.75, 3.05) is 33.4 Å². The van der Waals surface area contributed by atoms with Gasteiger partial charge in [0.2, 0.25) is 0 Å². The van der Waals surface area contributed by atoms with Crippen LogP contribution in [-0.4, -0.2) is 48.3 Å². The molecule has 2 aromatic rings. The fourth-order valence-corrected chi connectivity index (χ4v) is 5.26. The summed E-state index contributed by atoms with van der Waals surface area (Å²) in [5.74, 6) is 2.53. The Morgan fingerprint density at radius 1 is 1.28 bits per heavy atom. The highest BCUT2D eigenvalue weighted by Gasteiger charge is 2.53. The quantitative estimate of drug-likeness (QED) is 0.864. The number of aliphatic hydroxyl groups is 1. The topological polar surface area (TPSA) is 54.8 Å². The zero-order valence-corrected chi connectivity index (χ0v) is 17.1. The minimum absolute atomic E-state index is 0.246. The fourth-order valence-electron chi connectivity index (χ4n) is 5.26. The van der Waals surface area contributed by atoms with Gasteiger partial charge in [0, 0.05) is 37.3 Å². The van der Waals surface area contributed by atoms with Gasteiger partial charge in [-0.05, 0) is 67.2 Å². The van der Waals surface area contributed by atoms with E-state index in [4.69, 9.17) is 9.47 Å². The van der Waals surface area contributed by atoms with E-state index in [0.29, 0.717) is 12.5 Å². The van der Waals surface area contributed by atoms with Gasteiger partial charge in [0.1, 0.15) is 23.7 Å². The van der Waals surface area contributed by atoms with Crippen molar-refractivity contribution in [3.8, 4) is 11.5 Å². The lowest BCUT2D eigenvalue weighted by Crippen LogP contribution is -2.36. The third-order valence-electron chi connectivity index (χ3n) is 6.80. The number of aryl methyl sites for hydroxylation is 1. The summed E-state index contributed by atoms with van der Waals surface area (Å²) in [6.45, 7) is 5.46. The van der Waals surface area contributed by atoms with Crippen LogP contribution in [0.15, 0.2) is 42.1 Å². The van der Waals surface area contributed by atoms with E-state index in [1.165, 1.54) is 5.57 Å². The number of ether oxygens (including phenoxy) is 2. The van der Waals surface area contributed by atoms with Gasteiger partial charge in [-0.2, -0.15) is 0 Å². The summed E-state index contributed by atoms with van der Waals surface area (Å²) in [4.78, 5) is 7.03. The number of rotatable bonds is 4. The lowest BCUT2D eigenvalue weighted by Gasteiger charge is -2.30. The van der Waals surface area contributed by atoms with Crippen LogP contribution in [0.1, 0.15) is 29.7 Å². The molecule has 5 heteroatoms. The lowest BCUT2D eigenvalue weighted by molar-refractivity contribution is -0.0102. The highest BCUT2D eigenvalue weighted by atomic mass is 16.5. The Bertz CT molecular complexity index is 940. The predicted octanol–water partition coefficient (Wildman–Crippen LogP) is 3.40. The molecule has 0 amide bonds. The van der Waals surface area contributed by atoms with Gasteiger partial charge in [-0.15, -0.1) is 0 Å². The van der Waals surface area contributed by atoms with Crippen molar-refractivity contribution in [1.29, 1.82) is 0 Å². The van der Waals surface area contributed by atoms with E-state index in [0.717, 1.165) is 60.8 Å². The minimum atomic E-state index is -0.801. The Kier molecular flexibility index (Phi) is 4.60. The van der Waals surface area contributed by atoms with Crippen LogP contribution < -0.4 is 9.47 Å². The van der Waals surface area contributed by atoms with Crippen LogP contribution in [0, 0.1) is 18.8 Å². The maximum Gasteiger partial charge on any atom is 0.127 e. The average molecular weight is 392 g/mol. The zero-order chi connectivity index (χ0) is 20.0. The van der Waals surface area contributed by atoms with E-state index in [2.05, 4.69) is 22.0 Å². The number of fused-ring (bicyclic) bond motifs is 2. The van der Waals surface area contributed by atoms with Crippen LogP contribution in [0.5, 0.6) is 11.5 Å². The van der Waals surface area contributed by atoms with Crippen molar-refractivity contribution < 1.29 is 14.6 Å². The van der Waals surface area contributed by atoms with Gasteiger partial charge in [0.05, 0.1) is 12.8 Å². The highest BCUT2D eigenvalue weighted by Crippen LogP contribution is 2.50. The van der Waals surface area contributed by atoms with Gasteiger partial charge in [0.15, 0.2) is 0 Å². The second-order valence-electron chi connectivity index (χ2n) is 8.74. The van der Waals surface area contributed by atoms with Crippen LogP contribution in [-0.2, 0) is 5.60 Å². The Morgan fingerprint density at radius 3 is 2.97 bits per heavy atom. The lowest BCUT2D eigenvalue weighted by atomic mass is 9.85. The van der Waals surface area contributed by atoms with Gasteiger partial charge < -0.3 is 14.6 Å². The summed E-state index contributed by atoms with van der Waals surface area (Å²) >= 11 is 0. The number of aromatic nitrogens is 1. The third-order valence-corrected chi connectivity index (χ3v) is 6.80. The summed E-state index contributed by atoms with van der Waals surface area (Å²) < 4.78 is 11.3. The number of nitrogens with zero attached hydrogens (tertiary/aromatic N) is 2. The van der Waals surface area contributed by atoms with Crippen LogP contribution in [0.25, 0.3) is 6.08 Å². The van der Waals surface area contributed by atoms with E-state index < -0.39 is 5.60 Å². The molecule has 152 valence electrons. The molecular weight excluding hydrogens is 364 g/mol. The summed E-state index contributed by atoms with van der Waals surface area (Å²) in [6.07, 6.45) is 5.96. The molecule has 1 aliphatic carbocycles. The predicted molar refractivity (Wildman–Crippen MR) is 112 cm³/mol. The first-order chi connectivity index (χ1) is 14.0. The molecule has 3 heterocycles. The highest BCUT2D eigenvalue weighted by molar-refractivity contribution is 5.64. The molecule has 3 unspecified atom stereocenters. The zero-order valence-electron chi connectivity index (χ0n) is 17.1. The summed E-state index contributed by atoms with van der Waals surface area (Å²) in [6, 6.07) is 9.98. The van der Waals surface area contributed by atoms with Crippen molar-refractivity contribution in [1.82, 2.24) is 9.88 Å². The Balaban J connectivity index is 1.31. The monoisotopic (exact) mass is 392 g/mol. The molecule has 1 aromatic carbocycles. The number of likely N-dealkylation sites (tertiary alicyclic amines) is 1. The number of methoxy groups -OCH3 is 1. The third kappa shape index (κ3) is 3.32. The first-order valence-electron chi connectivity index (χ1n) is 10.4. The molecule has 5 nitrogen and oxygen atoms in total. The molecule has 1 saturated carbocycles. The second-order valence-corrected chi connectivity index (χ2v) is 8.74. The molecule has 1 aromatic heterocycles. The number of hydrogen-bond donors (Lipinski definition) is 1. The van der Waals surface area contributed by atoms with Crippen LogP contribution in [0.3, 0.4) is 0 Å². The molecule has 29 heavy (non-hydrogen) atoms. The largest absolute Gasteiger partial charge is 0.497 e. The van der Waals surface area contributed by atoms with Gasteiger partial charge in [-0.25, -0.2) is 0 Å². The fraction of sp³-hybridized carbons (Fsp3) is 0.458. The smallest absolute Gasteiger partial charge is 0.127 e. The van der Waals surface area contributed by atoms with Crippen molar-refractivity contribution in [3.63, 3.8) is 0 Å². The molecule has 3 aliphatic rings. The van der Waals surface area contributed by atoms with Gasteiger partial charge in [-0.1, -0.05) is 6.07 Å². The molecule has 0 radical (unpaired) electrons. The van der Waals surface area contributed by atoms with E-state index in [1.807, 2.05) is 37.4 Å². The molecule has 1 saturated heterocycles. The maximum atomic E-state index is 11.5. The normalized spacial score (nSPS) is 28.4. The molecule has 5 rings (SSSR count). The molecule has 1 N–H and O–H groups in total. The Morgan fingerprint density at radius 2 is 2.17 bits per heavy atom. The first-order valence-corrected chi connectivity index (χ1v) is 10.4. The van der Waals surface area contributed by atoms with E-state index in [9.17, 15) is 5.11 Å². The molecule has 0 spiro atoms. The summed E-state index contributed by atoms with van der Waals surface area (Å²) in [7, 11) is 1.68. The standard InChI is InChI=1S/C24H28N2O3/c1-16-3-6-23(25-11-16)24(27)8-7-18-13-26(14-21(18)24)12-17-9-19-10-20(28-2)4-5-22(19)29-15-17/h3-6,9-11,18,21,27H,7-8,12-15H2,1-2H3. The van der Waals surface area contributed by atoms with E-state index in [1.54, 1.807) is 7.11 Å². The van der Waals surface area contributed by atoms with Gasteiger partial charge in [-0.3, -0.25) is 9.88 Å².